The molecule has 0 amide bonds. The van der Waals surface area contributed by atoms with Crippen LogP contribution in [-0.4, -0.2) is 67.8 Å². The first-order valence-electron chi connectivity index (χ1n) is 23.1. The van der Waals surface area contributed by atoms with Crippen molar-refractivity contribution in [2.75, 3.05) is 39.6 Å². The molecule has 3 aromatic rings. The van der Waals surface area contributed by atoms with E-state index in [1.54, 1.807) is 6.07 Å². The second-order valence-electron chi connectivity index (χ2n) is 17.8. The summed E-state index contributed by atoms with van der Waals surface area (Å²) in [5, 5.41) is 19.8. The van der Waals surface area contributed by atoms with E-state index in [9.17, 15) is 24.6 Å². The number of carbonyl (C=O) groups excluding carboxylic acids is 3. The van der Waals surface area contributed by atoms with Gasteiger partial charge in [-0.3, -0.25) is 0 Å². The SMILES string of the molecule is C=C(C)C(=O)OCC(COC(=O)C(=C)C)(COC(=O)C(=C)C)COc1ccc(-c2cc(CC)c(-c3ccc(C4CCC(CCCCC)CC4)cc3F)cc2CCCO)cc1CCCO. The molecular formula is C54H71FO9. The van der Waals surface area contributed by atoms with E-state index >= 15 is 4.39 Å². The molecule has 0 radical (unpaired) electrons. The Morgan fingerprint density at radius 3 is 1.73 bits per heavy atom. The predicted molar refractivity (Wildman–Crippen MR) is 252 cm³/mol. The van der Waals surface area contributed by atoms with Crippen molar-refractivity contribution in [2.45, 2.75) is 124 Å². The molecule has 2 N–H and O–H groups in total. The zero-order valence-corrected chi connectivity index (χ0v) is 39.0. The van der Waals surface area contributed by atoms with E-state index in [2.05, 4.69) is 51.8 Å². The number of benzene rings is 3. The molecule has 1 fully saturated rings. The van der Waals surface area contributed by atoms with E-state index in [1.165, 1.54) is 59.3 Å². The summed E-state index contributed by atoms with van der Waals surface area (Å²) in [6, 6.07) is 15.7. The van der Waals surface area contributed by atoms with Gasteiger partial charge in [0, 0.05) is 35.5 Å². The number of rotatable bonds is 26. The molecule has 0 aromatic heterocycles. The Hall–Kier alpha value is -5.06. The number of hydrogen-bond acceptors (Lipinski definition) is 9. The first-order valence-corrected chi connectivity index (χ1v) is 23.1. The molecule has 0 atom stereocenters. The largest absolute Gasteiger partial charge is 0.492 e. The van der Waals surface area contributed by atoms with Crippen LogP contribution in [0.5, 0.6) is 5.75 Å². The normalized spacial score (nSPS) is 15.0. The van der Waals surface area contributed by atoms with Crippen molar-refractivity contribution in [3.8, 4) is 28.0 Å². The highest BCUT2D eigenvalue weighted by Gasteiger charge is 2.38. The smallest absolute Gasteiger partial charge is 0.333 e. The van der Waals surface area contributed by atoms with Crippen LogP contribution in [0.4, 0.5) is 4.39 Å². The third-order valence-corrected chi connectivity index (χ3v) is 12.2. The van der Waals surface area contributed by atoms with Gasteiger partial charge in [0.2, 0.25) is 0 Å². The summed E-state index contributed by atoms with van der Waals surface area (Å²) in [6.07, 6.45) is 12.3. The fourth-order valence-electron chi connectivity index (χ4n) is 8.31. The molecular weight excluding hydrogens is 812 g/mol. The van der Waals surface area contributed by atoms with Gasteiger partial charge >= 0.3 is 17.9 Å². The lowest BCUT2D eigenvalue weighted by atomic mass is 9.76. The van der Waals surface area contributed by atoms with E-state index in [1.807, 2.05) is 24.3 Å². The monoisotopic (exact) mass is 883 g/mol. The zero-order chi connectivity index (χ0) is 46.8. The second kappa shape index (κ2) is 25.4. The highest BCUT2D eigenvalue weighted by molar-refractivity contribution is 5.88. The van der Waals surface area contributed by atoms with Crippen LogP contribution in [0.1, 0.15) is 127 Å². The molecule has 1 aliphatic rings. The van der Waals surface area contributed by atoms with E-state index in [-0.39, 0.29) is 62.2 Å². The van der Waals surface area contributed by atoms with Gasteiger partial charge in [0.15, 0.2) is 0 Å². The fraction of sp³-hybridized carbons (Fsp3) is 0.500. The van der Waals surface area contributed by atoms with Crippen LogP contribution in [0.15, 0.2) is 85.0 Å². The number of hydrogen-bond donors (Lipinski definition) is 2. The van der Waals surface area contributed by atoms with Gasteiger partial charge in [0.25, 0.3) is 0 Å². The molecule has 348 valence electrons. The van der Waals surface area contributed by atoms with E-state index in [0.717, 1.165) is 57.7 Å². The Morgan fingerprint density at radius 1 is 0.656 bits per heavy atom. The summed E-state index contributed by atoms with van der Waals surface area (Å²) in [7, 11) is 0. The number of aryl methyl sites for hydroxylation is 3. The van der Waals surface area contributed by atoms with Crippen molar-refractivity contribution in [2.24, 2.45) is 11.3 Å². The van der Waals surface area contributed by atoms with Gasteiger partial charge in [0.05, 0.1) is 0 Å². The maximum atomic E-state index is 16.3. The van der Waals surface area contributed by atoms with E-state index < -0.39 is 23.3 Å². The van der Waals surface area contributed by atoms with E-state index in [4.69, 9.17) is 18.9 Å². The second-order valence-corrected chi connectivity index (χ2v) is 17.8. The van der Waals surface area contributed by atoms with Gasteiger partial charge in [-0.15, -0.1) is 0 Å². The van der Waals surface area contributed by atoms with Crippen LogP contribution >= 0.6 is 0 Å². The number of carbonyl (C=O) groups is 3. The number of ether oxygens (including phenoxy) is 4. The Balaban J connectivity index is 1.70. The third-order valence-electron chi connectivity index (χ3n) is 12.2. The molecule has 4 rings (SSSR count). The fourth-order valence-corrected chi connectivity index (χ4v) is 8.31. The Labute approximate surface area is 380 Å². The molecule has 3 aromatic carbocycles. The third kappa shape index (κ3) is 14.7. The minimum Gasteiger partial charge on any atom is -0.492 e. The first-order chi connectivity index (χ1) is 30.6. The molecule has 64 heavy (non-hydrogen) atoms. The molecule has 0 spiro atoms. The molecule has 0 saturated heterocycles. The quantitative estimate of drug-likeness (QED) is 0.0350. The summed E-state index contributed by atoms with van der Waals surface area (Å²) < 4.78 is 39.4. The van der Waals surface area contributed by atoms with Gasteiger partial charge < -0.3 is 29.2 Å². The number of esters is 3. The zero-order valence-electron chi connectivity index (χ0n) is 39.0. The van der Waals surface area contributed by atoms with Gasteiger partial charge in [-0.2, -0.15) is 0 Å². The Bertz CT molecular complexity index is 2020. The molecule has 0 aliphatic heterocycles. The van der Waals surface area contributed by atoms with Crippen molar-refractivity contribution in [3.05, 3.63) is 113 Å². The number of unbranched alkanes of at least 4 members (excludes halogenated alkanes) is 2. The highest BCUT2D eigenvalue weighted by atomic mass is 19.1. The van der Waals surface area contributed by atoms with Crippen molar-refractivity contribution in [3.63, 3.8) is 0 Å². The maximum Gasteiger partial charge on any atom is 0.333 e. The van der Waals surface area contributed by atoms with Crippen molar-refractivity contribution in [1.82, 2.24) is 0 Å². The summed E-state index contributed by atoms with van der Waals surface area (Å²) in [5.74, 6) is -0.663. The molecule has 10 heteroatoms. The van der Waals surface area contributed by atoms with Crippen LogP contribution in [0, 0.1) is 17.2 Å². The van der Waals surface area contributed by atoms with Crippen LogP contribution in [-0.2, 0) is 47.9 Å². The predicted octanol–water partition coefficient (Wildman–Crippen LogP) is 11.1. The minimum atomic E-state index is -1.36. The standard InChI is InChI=1S/C54H71FO9/c1-9-11-12-15-39-18-20-41(21-19-39)42-22-24-46(49(55)31-42)48-30-43(16-13-26-56)47(29-40(48)10-2)44-23-25-50(45(28-44)17-14-27-57)61-32-54(33-62-51(58)36(3)4,34-63-52(59)37(5)6)35-64-53(60)38(7)8/h22-25,28-31,39,41,56-57H,3,5,7,9-21,26-27,32-35H2,1-2,4,6,8H3. The van der Waals surface area contributed by atoms with Gasteiger partial charge in [-0.1, -0.05) is 89.6 Å². The van der Waals surface area contributed by atoms with Gasteiger partial charge in [-0.05, 0) is 148 Å². The van der Waals surface area contributed by atoms with Gasteiger partial charge in [-0.25, -0.2) is 18.8 Å². The first kappa shape index (κ1) is 51.6. The average Bonchev–Trinajstić information content (AvgIpc) is 3.29. The number of halogens is 1. The van der Waals surface area contributed by atoms with Gasteiger partial charge in [0.1, 0.15) is 43.4 Å². The highest BCUT2D eigenvalue weighted by Crippen LogP contribution is 2.41. The summed E-state index contributed by atoms with van der Waals surface area (Å²) in [6.45, 7) is 18.4. The van der Waals surface area contributed by atoms with Crippen LogP contribution < -0.4 is 4.74 Å². The number of aliphatic hydroxyl groups is 2. The van der Waals surface area contributed by atoms with Crippen LogP contribution in [0.3, 0.4) is 0 Å². The average molecular weight is 883 g/mol. The van der Waals surface area contributed by atoms with Crippen LogP contribution in [0.2, 0.25) is 0 Å². The van der Waals surface area contributed by atoms with E-state index in [0.29, 0.717) is 49.3 Å². The van der Waals surface area contributed by atoms with Crippen LogP contribution in [0.25, 0.3) is 22.3 Å². The minimum absolute atomic E-state index is 0.00444. The summed E-state index contributed by atoms with van der Waals surface area (Å²) in [4.78, 5) is 37.8. The maximum absolute atomic E-state index is 16.3. The number of aliphatic hydroxyl groups excluding tert-OH is 2. The summed E-state index contributed by atoms with van der Waals surface area (Å²) >= 11 is 0. The lowest BCUT2D eigenvalue weighted by molar-refractivity contribution is -0.159. The van der Waals surface area contributed by atoms with Crippen molar-refractivity contribution >= 4 is 17.9 Å². The molecule has 9 nitrogen and oxygen atoms in total. The molecule has 0 unspecified atom stereocenters. The Morgan fingerprint density at radius 2 is 1.22 bits per heavy atom. The lowest BCUT2D eigenvalue weighted by Crippen LogP contribution is -2.44. The molecule has 0 bridgehead atoms. The lowest BCUT2D eigenvalue weighted by Gasteiger charge is -2.32. The molecule has 0 heterocycles. The molecule has 1 saturated carbocycles. The van der Waals surface area contributed by atoms with Crippen molar-refractivity contribution in [1.29, 1.82) is 0 Å². The Kier molecular flexibility index (Phi) is 20.5. The summed E-state index contributed by atoms with van der Waals surface area (Å²) in [5.41, 5.74) is 6.11. The topological polar surface area (TPSA) is 129 Å². The molecule has 1 aliphatic carbocycles. The van der Waals surface area contributed by atoms with Crippen molar-refractivity contribution < 1.29 is 47.9 Å².